The fraction of sp³-hybridized carbons (Fsp3) is 0.500. The highest BCUT2D eigenvalue weighted by atomic mass is 14.2. The van der Waals surface area contributed by atoms with Crippen molar-refractivity contribution in [2.45, 2.75) is 45.4 Å². The lowest BCUT2D eigenvalue weighted by molar-refractivity contribution is 0.348. The Morgan fingerprint density at radius 1 is 1.12 bits per heavy atom. The van der Waals surface area contributed by atoms with Gasteiger partial charge in [-0.3, -0.25) is 0 Å². The Bertz CT molecular complexity index is 398. The fourth-order valence-corrected chi connectivity index (χ4v) is 2.61. The zero-order chi connectivity index (χ0) is 11.4. The molecule has 0 heterocycles. The first-order chi connectivity index (χ1) is 7.79. The summed E-state index contributed by atoms with van der Waals surface area (Å²) in [6, 6.07) is 8.79. The van der Waals surface area contributed by atoms with Gasteiger partial charge in [0.1, 0.15) is 0 Å². The maximum Gasteiger partial charge on any atom is 0.0247 e. The third-order valence-corrected chi connectivity index (χ3v) is 3.64. The van der Waals surface area contributed by atoms with E-state index in [1.165, 1.54) is 36.8 Å². The van der Waals surface area contributed by atoms with Crippen LogP contribution in [0.15, 0.2) is 24.3 Å². The summed E-state index contributed by atoms with van der Waals surface area (Å²) in [6.07, 6.45) is 5.47. The van der Waals surface area contributed by atoms with Gasteiger partial charge in [0.25, 0.3) is 0 Å². The van der Waals surface area contributed by atoms with E-state index in [0.29, 0.717) is 0 Å². The molecular formula is C16H20. The second-order valence-corrected chi connectivity index (χ2v) is 4.96. The zero-order valence-electron chi connectivity index (χ0n) is 10.3. The van der Waals surface area contributed by atoms with Crippen LogP contribution in [-0.4, -0.2) is 0 Å². The van der Waals surface area contributed by atoms with Crippen LogP contribution in [0.4, 0.5) is 0 Å². The van der Waals surface area contributed by atoms with Gasteiger partial charge in [0, 0.05) is 5.56 Å². The first-order valence-corrected chi connectivity index (χ1v) is 6.32. The molecule has 1 aromatic rings. The lowest BCUT2D eigenvalue weighted by Crippen LogP contribution is -2.10. The highest BCUT2D eigenvalue weighted by Gasteiger charge is 2.19. The summed E-state index contributed by atoms with van der Waals surface area (Å²) >= 11 is 0. The fourth-order valence-electron chi connectivity index (χ4n) is 2.61. The van der Waals surface area contributed by atoms with Gasteiger partial charge >= 0.3 is 0 Å². The first kappa shape index (κ1) is 11.3. The Labute approximate surface area is 99.1 Å². The van der Waals surface area contributed by atoms with Crippen molar-refractivity contribution in [2.75, 3.05) is 0 Å². The van der Waals surface area contributed by atoms with Gasteiger partial charge in [-0.15, -0.1) is 5.92 Å². The summed E-state index contributed by atoms with van der Waals surface area (Å²) < 4.78 is 0. The molecule has 1 aromatic carbocycles. The molecule has 1 fully saturated rings. The lowest BCUT2D eigenvalue weighted by atomic mass is 9.79. The van der Waals surface area contributed by atoms with E-state index in [-0.39, 0.29) is 0 Å². The van der Waals surface area contributed by atoms with Crippen LogP contribution in [0.2, 0.25) is 0 Å². The van der Waals surface area contributed by atoms with Crippen LogP contribution in [0, 0.1) is 17.8 Å². The summed E-state index contributed by atoms with van der Waals surface area (Å²) in [6.45, 7) is 4.27. The molecule has 1 saturated carbocycles. The van der Waals surface area contributed by atoms with E-state index in [4.69, 9.17) is 0 Å². The maximum absolute atomic E-state index is 3.15. The predicted molar refractivity (Wildman–Crippen MR) is 69.4 cm³/mol. The van der Waals surface area contributed by atoms with Crippen molar-refractivity contribution >= 4 is 0 Å². The zero-order valence-corrected chi connectivity index (χ0v) is 10.3. The van der Waals surface area contributed by atoms with Gasteiger partial charge in [-0.05, 0) is 49.3 Å². The molecule has 16 heavy (non-hydrogen) atoms. The monoisotopic (exact) mass is 212 g/mol. The van der Waals surface area contributed by atoms with E-state index in [9.17, 15) is 0 Å². The number of rotatable bonds is 1. The molecule has 0 aliphatic heterocycles. The molecule has 0 saturated heterocycles. The second kappa shape index (κ2) is 5.21. The molecule has 0 atom stereocenters. The number of hydrogen-bond donors (Lipinski definition) is 0. The highest BCUT2D eigenvalue weighted by molar-refractivity contribution is 5.38. The third kappa shape index (κ3) is 2.67. The largest absolute Gasteiger partial charge is 0.101 e. The van der Waals surface area contributed by atoms with Gasteiger partial charge in [0.15, 0.2) is 0 Å². The first-order valence-electron chi connectivity index (χ1n) is 6.32. The second-order valence-electron chi connectivity index (χ2n) is 4.96. The quantitative estimate of drug-likeness (QED) is 0.607. The van der Waals surface area contributed by atoms with Crippen LogP contribution >= 0.6 is 0 Å². The average Bonchev–Trinajstić information content (AvgIpc) is 2.31. The minimum absolute atomic E-state index is 0.773. The van der Waals surface area contributed by atoms with Crippen LogP contribution in [-0.2, 0) is 0 Å². The van der Waals surface area contributed by atoms with Crippen molar-refractivity contribution in [3.8, 4) is 11.8 Å². The van der Waals surface area contributed by atoms with Crippen molar-refractivity contribution in [3.63, 3.8) is 0 Å². The van der Waals surface area contributed by atoms with Gasteiger partial charge in [0.05, 0.1) is 0 Å². The molecule has 0 unspecified atom stereocenters. The van der Waals surface area contributed by atoms with Gasteiger partial charge in [0.2, 0.25) is 0 Å². The summed E-state index contributed by atoms with van der Waals surface area (Å²) in [5.41, 5.74) is 2.66. The number of hydrogen-bond acceptors (Lipinski definition) is 0. The van der Waals surface area contributed by atoms with Crippen LogP contribution in [0.3, 0.4) is 0 Å². The smallest absolute Gasteiger partial charge is 0.0247 e. The predicted octanol–water partition coefficient (Wildman–Crippen LogP) is 4.35. The molecule has 0 nitrogen and oxygen atoms in total. The molecule has 0 N–H and O–H groups in total. The van der Waals surface area contributed by atoms with Gasteiger partial charge < -0.3 is 0 Å². The highest BCUT2D eigenvalue weighted by Crippen LogP contribution is 2.35. The molecule has 0 spiro atoms. The van der Waals surface area contributed by atoms with Gasteiger partial charge in [-0.2, -0.15) is 0 Å². The standard InChI is InChI=1S/C16H20/c1-3-5-14-6-4-7-16(12-14)15-10-8-13(2)9-11-15/h4,6-7,12-13,15H,8-11H2,1-2H3. The Morgan fingerprint density at radius 2 is 1.88 bits per heavy atom. The van der Waals surface area contributed by atoms with Crippen LogP contribution in [0.5, 0.6) is 0 Å². The van der Waals surface area contributed by atoms with E-state index >= 15 is 0 Å². The molecule has 1 aliphatic rings. The summed E-state index contributed by atoms with van der Waals surface area (Å²) in [5, 5.41) is 0. The molecular weight excluding hydrogens is 192 g/mol. The molecule has 0 radical (unpaired) electrons. The Hall–Kier alpha value is -1.22. The summed E-state index contributed by atoms with van der Waals surface area (Å²) in [7, 11) is 0. The SMILES string of the molecule is CC#Cc1cccc(C2CCC(C)CC2)c1. The molecule has 0 heteroatoms. The van der Waals surface area contributed by atoms with Crippen LogP contribution < -0.4 is 0 Å². The van der Waals surface area contributed by atoms with E-state index in [1.54, 1.807) is 0 Å². The molecule has 0 bridgehead atoms. The minimum Gasteiger partial charge on any atom is -0.101 e. The number of benzene rings is 1. The molecule has 2 rings (SSSR count). The van der Waals surface area contributed by atoms with Gasteiger partial charge in [-0.1, -0.05) is 37.8 Å². The minimum atomic E-state index is 0.773. The normalized spacial score (nSPS) is 24.6. The average molecular weight is 212 g/mol. The van der Waals surface area contributed by atoms with Crippen molar-refractivity contribution < 1.29 is 0 Å². The van der Waals surface area contributed by atoms with E-state index < -0.39 is 0 Å². The Kier molecular flexibility index (Phi) is 3.67. The lowest BCUT2D eigenvalue weighted by Gasteiger charge is -2.26. The summed E-state index contributed by atoms with van der Waals surface area (Å²) in [5.74, 6) is 7.82. The van der Waals surface area contributed by atoms with Crippen molar-refractivity contribution in [1.29, 1.82) is 0 Å². The molecule has 0 aromatic heterocycles. The van der Waals surface area contributed by atoms with Crippen molar-refractivity contribution in [1.82, 2.24) is 0 Å². The van der Waals surface area contributed by atoms with Crippen molar-refractivity contribution in [3.05, 3.63) is 35.4 Å². The Balaban J connectivity index is 2.13. The third-order valence-electron chi connectivity index (χ3n) is 3.64. The summed E-state index contributed by atoms with van der Waals surface area (Å²) in [4.78, 5) is 0. The topological polar surface area (TPSA) is 0 Å². The molecule has 0 amide bonds. The molecule has 1 aliphatic carbocycles. The van der Waals surface area contributed by atoms with Crippen molar-refractivity contribution in [2.24, 2.45) is 5.92 Å². The van der Waals surface area contributed by atoms with E-state index in [2.05, 4.69) is 43.0 Å². The van der Waals surface area contributed by atoms with E-state index in [1.807, 2.05) is 6.92 Å². The maximum atomic E-state index is 3.15. The van der Waals surface area contributed by atoms with Crippen LogP contribution in [0.25, 0.3) is 0 Å². The van der Waals surface area contributed by atoms with Crippen LogP contribution in [0.1, 0.15) is 56.6 Å². The van der Waals surface area contributed by atoms with Gasteiger partial charge in [-0.25, -0.2) is 0 Å². The van der Waals surface area contributed by atoms with E-state index in [0.717, 1.165) is 11.8 Å². The Morgan fingerprint density at radius 3 is 2.56 bits per heavy atom. The molecule has 84 valence electrons.